The third kappa shape index (κ3) is 4.89. The molecule has 0 atom stereocenters. The second-order valence-corrected chi connectivity index (χ2v) is 5.64. The van der Waals surface area contributed by atoms with Gasteiger partial charge in [-0.25, -0.2) is 0 Å². The van der Waals surface area contributed by atoms with Crippen LogP contribution in [0.2, 0.25) is 0 Å². The van der Waals surface area contributed by atoms with Gasteiger partial charge in [0.25, 0.3) is 0 Å². The minimum atomic E-state index is 0.371. The van der Waals surface area contributed by atoms with Gasteiger partial charge in [-0.1, -0.05) is 22.9 Å². The summed E-state index contributed by atoms with van der Waals surface area (Å²) >= 11 is 3.42. The molecule has 0 aliphatic rings. The van der Waals surface area contributed by atoms with Gasteiger partial charge in [-0.3, -0.25) is 0 Å². The molecule has 23 heavy (non-hydrogen) atoms. The quantitative estimate of drug-likeness (QED) is 0.341. The zero-order valence-corrected chi connectivity index (χ0v) is 14.5. The number of aryl methyl sites for hydroxylation is 1. The maximum Gasteiger partial charge on any atom is 0.175 e. The fourth-order valence-electron chi connectivity index (χ4n) is 1.96. The van der Waals surface area contributed by atoms with E-state index in [9.17, 15) is 0 Å². The Kier molecular flexibility index (Phi) is 6.29. The highest BCUT2D eigenvalue weighted by Gasteiger charge is 2.11. The summed E-state index contributed by atoms with van der Waals surface area (Å²) in [6, 6.07) is 11.3. The Morgan fingerprint density at radius 2 is 1.83 bits per heavy atom. The first-order chi connectivity index (χ1) is 11.1. The van der Waals surface area contributed by atoms with Crippen molar-refractivity contribution in [3.63, 3.8) is 0 Å². The van der Waals surface area contributed by atoms with Crippen LogP contribution in [-0.2, 0) is 0 Å². The maximum atomic E-state index is 8.61. The smallest absolute Gasteiger partial charge is 0.175 e. The van der Waals surface area contributed by atoms with Crippen molar-refractivity contribution in [1.82, 2.24) is 0 Å². The molecule has 122 valence electrons. The number of oxime groups is 1. The molecule has 0 fully saturated rings. The van der Waals surface area contributed by atoms with E-state index in [1.807, 2.05) is 31.2 Å². The highest BCUT2D eigenvalue weighted by atomic mass is 79.9. The first-order valence-electron chi connectivity index (χ1n) is 7.01. The predicted molar refractivity (Wildman–Crippen MR) is 92.2 cm³/mol. The van der Waals surface area contributed by atoms with E-state index in [0.29, 0.717) is 34.7 Å². The van der Waals surface area contributed by atoms with Crippen LogP contribution in [0.5, 0.6) is 17.2 Å². The Hall–Kier alpha value is -2.21. The van der Waals surface area contributed by atoms with Crippen molar-refractivity contribution in [1.29, 1.82) is 0 Å². The Bertz CT molecular complexity index is 671. The highest BCUT2D eigenvalue weighted by molar-refractivity contribution is 9.10. The SMILES string of the molecule is COc1cc(C=NO)cc(Br)c1OCCOc1ccc(C)cc1. The summed E-state index contributed by atoms with van der Waals surface area (Å²) in [5.74, 6) is 1.93. The second-order valence-electron chi connectivity index (χ2n) is 4.79. The molecule has 2 aromatic carbocycles. The molecule has 0 aliphatic heterocycles. The van der Waals surface area contributed by atoms with E-state index >= 15 is 0 Å². The fourth-order valence-corrected chi connectivity index (χ4v) is 2.53. The van der Waals surface area contributed by atoms with Crippen LogP contribution >= 0.6 is 15.9 Å². The molecule has 0 aromatic heterocycles. The number of hydrogen-bond donors (Lipinski definition) is 1. The lowest BCUT2D eigenvalue weighted by Crippen LogP contribution is -2.10. The average Bonchev–Trinajstić information content (AvgIpc) is 2.54. The largest absolute Gasteiger partial charge is 0.493 e. The lowest BCUT2D eigenvalue weighted by Gasteiger charge is -2.14. The molecule has 0 spiro atoms. The predicted octanol–water partition coefficient (Wildman–Crippen LogP) is 4.03. The van der Waals surface area contributed by atoms with Gasteiger partial charge in [-0.05, 0) is 47.1 Å². The summed E-state index contributed by atoms with van der Waals surface area (Å²) in [7, 11) is 1.55. The van der Waals surface area contributed by atoms with E-state index < -0.39 is 0 Å². The van der Waals surface area contributed by atoms with Crippen LogP contribution in [0, 0.1) is 6.92 Å². The van der Waals surface area contributed by atoms with E-state index in [1.54, 1.807) is 19.2 Å². The standard InChI is InChI=1S/C17H18BrNO4/c1-12-3-5-14(6-4-12)22-7-8-23-17-15(18)9-13(11-19-20)10-16(17)21-2/h3-6,9-11,20H,7-8H2,1-2H3. The lowest BCUT2D eigenvalue weighted by atomic mass is 10.2. The molecule has 0 aliphatic carbocycles. The molecule has 0 saturated heterocycles. The van der Waals surface area contributed by atoms with Crippen molar-refractivity contribution in [3.05, 3.63) is 52.0 Å². The van der Waals surface area contributed by atoms with E-state index in [0.717, 1.165) is 5.75 Å². The Morgan fingerprint density at radius 3 is 2.48 bits per heavy atom. The van der Waals surface area contributed by atoms with Gasteiger partial charge in [0.2, 0.25) is 0 Å². The molecular formula is C17H18BrNO4. The van der Waals surface area contributed by atoms with Crippen LogP contribution in [0.3, 0.4) is 0 Å². The molecular weight excluding hydrogens is 362 g/mol. The maximum absolute atomic E-state index is 8.61. The summed E-state index contributed by atoms with van der Waals surface area (Å²) in [5, 5.41) is 11.6. The second kappa shape index (κ2) is 8.43. The fraction of sp³-hybridized carbons (Fsp3) is 0.235. The molecule has 2 rings (SSSR count). The number of benzene rings is 2. The molecule has 1 N–H and O–H groups in total. The van der Waals surface area contributed by atoms with Gasteiger partial charge in [0.1, 0.15) is 19.0 Å². The van der Waals surface area contributed by atoms with Crippen LogP contribution in [0.1, 0.15) is 11.1 Å². The third-order valence-corrected chi connectivity index (χ3v) is 3.67. The lowest BCUT2D eigenvalue weighted by molar-refractivity contribution is 0.210. The topological polar surface area (TPSA) is 60.3 Å². The molecule has 0 saturated carbocycles. The van der Waals surface area contributed by atoms with Crippen molar-refractivity contribution in [2.75, 3.05) is 20.3 Å². The van der Waals surface area contributed by atoms with Gasteiger partial charge in [-0.2, -0.15) is 0 Å². The summed E-state index contributed by atoms with van der Waals surface area (Å²) < 4.78 is 17.4. The van der Waals surface area contributed by atoms with Gasteiger partial charge in [0.15, 0.2) is 11.5 Å². The van der Waals surface area contributed by atoms with Gasteiger partial charge >= 0.3 is 0 Å². The molecule has 0 radical (unpaired) electrons. The van der Waals surface area contributed by atoms with Crippen molar-refractivity contribution in [2.45, 2.75) is 6.92 Å². The summed E-state index contributed by atoms with van der Waals surface area (Å²) in [6.45, 7) is 2.82. The van der Waals surface area contributed by atoms with Crippen LogP contribution in [0.25, 0.3) is 0 Å². The number of hydrogen-bond acceptors (Lipinski definition) is 5. The number of rotatable bonds is 7. The number of halogens is 1. The normalized spacial score (nSPS) is 10.7. The number of ether oxygens (including phenoxy) is 3. The van der Waals surface area contributed by atoms with E-state index in [1.165, 1.54) is 11.8 Å². The Labute approximate surface area is 143 Å². The van der Waals surface area contributed by atoms with E-state index in [-0.39, 0.29) is 0 Å². The molecule has 0 bridgehead atoms. The van der Waals surface area contributed by atoms with Crippen LogP contribution in [-0.4, -0.2) is 31.7 Å². The number of nitrogens with zero attached hydrogens (tertiary/aromatic N) is 1. The average molecular weight is 380 g/mol. The summed E-state index contributed by atoms with van der Waals surface area (Å²) in [5.41, 5.74) is 1.88. The molecule has 6 heteroatoms. The van der Waals surface area contributed by atoms with Crippen LogP contribution < -0.4 is 14.2 Å². The van der Waals surface area contributed by atoms with Crippen molar-refractivity contribution in [3.8, 4) is 17.2 Å². The monoisotopic (exact) mass is 379 g/mol. The molecule has 0 heterocycles. The van der Waals surface area contributed by atoms with E-state index in [4.69, 9.17) is 19.4 Å². The molecule has 0 unspecified atom stereocenters. The first kappa shape index (κ1) is 17.1. The molecule has 5 nitrogen and oxygen atoms in total. The number of methoxy groups -OCH3 is 1. The van der Waals surface area contributed by atoms with Crippen LogP contribution in [0.15, 0.2) is 46.0 Å². The van der Waals surface area contributed by atoms with Crippen molar-refractivity contribution < 1.29 is 19.4 Å². The van der Waals surface area contributed by atoms with Gasteiger partial charge in [0, 0.05) is 5.56 Å². The minimum Gasteiger partial charge on any atom is -0.493 e. The Balaban J connectivity index is 1.95. The van der Waals surface area contributed by atoms with Crippen LogP contribution in [0.4, 0.5) is 0 Å². The minimum absolute atomic E-state index is 0.371. The van der Waals surface area contributed by atoms with E-state index in [2.05, 4.69) is 21.1 Å². The Morgan fingerprint density at radius 1 is 1.13 bits per heavy atom. The molecule has 0 amide bonds. The third-order valence-electron chi connectivity index (χ3n) is 3.08. The zero-order valence-electron chi connectivity index (χ0n) is 13.0. The highest BCUT2D eigenvalue weighted by Crippen LogP contribution is 2.36. The first-order valence-corrected chi connectivity index (χ1v) is 7.80. The van der Waals surface area contributed by atoms with Crippen molar-refractivity contribution in [2.24, 2.45) is 5.16 Å². The van der Waals surface area contributed by atoms with Gasteiger partial charge < -0.3 is 19.4 Å². The van der Waals surface area contributed by atoms with Gasteiger partial charge in [-0.15, -0.1) is 0 Å². The zero-order chi connectivity index (χ0) is 16.7. The summed E-state index contributed by atoms with van der Waals surface area (Å²) in [4.78, 5) is 0. The molecule has 2 aromatic rings. The van der Waals surface area contributed by atoms with Gasteiger partial charge in [0.05, 0.1) is 17.8 Å². The van der Waals surface area contributed by atoms with Crippen molar-refractivity contribution >= 4 is 22.1 Å². The summed E-state index contributed by atoms with van der Waals surface area (Å²) in [6.07, 6.45) is 1.32.